The third-order valence-corrected chi connectivity index (χ3v) is 11.3. The number of hydrogen-bond acceptors (Lipinski definition) is 1. The Hall–Kier alpha value is -1.25. The van der Waals surface area contributed by atoms with Crippen LogP contribution in [0.3, 0.4) is 0 Å². The Labute approximate surface area is 227 Å². The SMILES string of the molecule is CN(C)CC[c-]1c(P(c2ccccc2)c2ccccc2)cc([Si](C)(C)C)c1Br.[Fe+2].c1cc[cH-]c1. The summed E-state index contributed by atoms with van der Waals surface area (Å²) in [5.74, 6) is 0. The van der Waals surface area contributed by atoms with E-state index in [1.165, 1.54) is 25.9 Å². The van der Waals surface area contributed by atoms with E-state index < -0.39 is 16.0 Å². The maximum absolute atomic E-state index is 4.03. The molecule has 0 aliphatic heterocycles. The molecule has 4 aromatic rings. The summed E-state index contributed by atoms with van der Waals surface area (Å²) in [4.78, 5) is 2.28. The summed E-state index contributed by atoms with van der Waals surface area (Å²) in [6.07, 6.45) is 1.08. The van der Waals surface area contributed by atoms with Crippen molar-refractivity contribution in [2.45, 2.75) is 26.1 Å². The second-order valence-electron chi connectivity index (χ2n) is 9.51. The topological polar surface area (TPSA) is 3.24 Å². The van der Waals surface area contributed by atoms with Gasteiger partial charge in [-0.25, -0.2) is 18.2 Å². The van der Waals surface area contributed by atoms with Crippen molar-refractivity contribution in [3.63, 3.8) is 0 Å². The first-order valence-electron chi connectivity index (χ1n) is 11.5. The average molecular weight is 592 g/mol. The Morgan fingerprint density at radius 1 is 0.853 bits per heavy atom. The van der Waals surface area contributed by atoms with Crippen LogP contribution in [0.2, 0.25) is 19.6 Å². The maximum Gasteiger partial charge on any atom is 2.00 e. The first kappa shape index (κ1) is 29.0. The van der Waals surface area contributed by atoms with Gasteiger partial charge < -0.3 is 4.90 Å². The van der Waals surface area contributed by atoms with Crippen molar-refractivity contribution in [3.8, 4) is 0 Å². The van der Waals surface area contributed by atoms with Crippen molar-refractivity contribution in [1.82, 2.24) is 4.90 Å². The van der Waals surface area contributed by atoms with Crippen LogP contribution in [0.5, 0.6) is 0 Å². The Morgan fingerprint density at radius 2 is 1.35 bits per heavy atom. The van der Waals surface area contributed by atoms with E-state index in [2.05, 4.69) is 121 Å². The molecule has 0 saturated carbocycles. The molecule has 5 heteroatoms. The molecule has 0 bridgehead atoms. The summed E-state index contributed by atoms with van der Waals surface area (Å²) in [5.41, 5.74) is 1.50. The molecule has 0 unspecified atom stereocenters. The van der Waals surface area contributed by atoms with Crippen LogP contribution in [0.25, 0.3) is 0 Å². The molecule has 4 rings (SSSR count). The van der Waals surface area contributed by atoms with Gasteiger partial charge in [0.1, 0.15) is 0 Å². The number of halogens is 1. The summed E-state index contributed by atoms with van der Waals surface area (Å²) in [7, 11) is 2.31. The predicted octanol–water partition coefficient (Wildman–Crippen LogP) is 5.98. The van der Waals surface area contributed by atoms with Gasteiger partial charge in [-0.3, -0.25) is 0 Å². The minimum Gasteiger partial charge on any atom is -0.310 e. The molecular weight excluding hydrogens is 557 g/mol. The zero-order valence-corrected chi connectivity index (χ0v) is 25.4. The fourth-order valence-corrected chi connectivity index (χ4v) is 10.3. The molecule has 0 amide bonds. The van der Waals surface area contributed by atoms with Gasteiger partial charge in [0.2, 0.25) is 0 Å². The third-order valence-electron chi connectivity index (χ3n) is 5.53. The van der Waals surface area contributed by atoms with Gasteiger partial charge >= 0.3 is 17.1 Å². The minimum absolute atomic E-state index is 0. The van der Waals surface area contributed by atoms with Crippen molar-refractivity contribution >= 4 is 53.0 Å². The predicted molar refractivity (Wildman–Crippen MR) is 156 cm³/mol. The van der Waals surface area contributed by atoms with Gasteiger partial charge in [0, 0.05) is 8.07 Å². The van der Waals surface area contributed by atoms with Crippen molar-refractivity contribution in [1.29, 1.82) is 0 Å². The molecule has 0 fully saturated rings. The number of hydrogen-bond donors (Lipinski definition) is 0. The largest absolute Gasteiger partial charge is 2.00 e. The van der Waals surface area contributed by atoms with Crippen molar-refractivity contribution < 1.29 is 17.1 Å². The van der Waals surface area contributed by atoms with Crippen LogP contribution in [-0.2, 0) is 23.5 Å². The fraction of sp³-hybridized carbons (Fsp3) is 0.241. The smallest absolute Gasteiger partial charge is 0.310 e. The monoisotopic (exact) mass is 591 g/mol. The Bertz CT molecular complexity index is 1030. The van der Waals surface area contributed by atoms with Gasteiger partial charge in [-0.15, -0.1) is 10.9 Å². The third kappa shape index (κ3) is 7.88. The van der Waals surface area contributed by atoms with E-state index in [9.17, 15) is 0 Å². The second-order valence-corrected chi connectivity index (χ2v) is 17.5. The summed E-state index contributed by atoms with van der Waals surface area (Å²) in [6, 6.07) is 34.6. The molecule has 0 aromatic heterocycles. The Morgan fingerprint density at radius 3 is 1.74 bits per heavy atom. The van der Waals surface area contributed by atoms with Crippen LogP contribution in [0.15, 0.2) is 102 Å². The molecule has 0 heterocycles. The van der Waals surface area contributed by atoms with Gasteiger partial charge in [-0.05, 0) is 39.2 Å². The van der Waals surface area contributed by atoms with Crippen molar-refractivity contribution in [3.05, 3.63) is 107 Å². The Kier molecular flexibility index (Phi) is 11.7. The summed E-state index contributed by atoms with van der Waals surface area (Å²) >= 11 is 4.03. The second kappa shape index (κ2) is 13.7. The van der Waals surface area contributed by atoms with Crippen LogP contribution >= 0.6 is 23.9 Å². The van der Waals surface area contributed by atoms with E-state index in [1.807, 2.05) is 30.3 Å². The van der Waals surface area contributed by atoms with Gasteiger partial charge in [-0.2, -0.15) is 23.4 Å². The van der Waals surface area contributed by atoms with E-state index in [0.717, 1.165) is 13.0 Å². The first-order valence-corrected chi connectivity index (χ1v) is 17.1. The fourth-order valence-electron chi connectivity index (χ4n) is 3.78. The van der Waals surface area contributed by atoms with E-state index in [1.54, 1.807) is 5.19 Å². The molecular formula is C29H35BrFeNPSi. The first-order chi connectivity index (χ1) is 15.8. The average Bonchev–Trinajstić information content (AvgIpc) is 3.46. The number of nitrogens with zero attached hydrogens (tertiary/aromatic N) is 1. The molecule has 0 N–H and O–H groups in total. The van der Waals surface area contributed by atoms with E-state index >= 15 is 0 Å². The molecule has 0 radical (unpaired) electrons. The summed E-state index contributed by atoms with van der Waals surface area (Å²) in [6.45, 7) is 8.40. The summed E-state index contributed by atoms with van der Waals surface area (Å²) < 4.78 is 1.36. The molecule has 0 aliphatic carbocycles. The van der Waals surface area contributed by atoms with Gasteiger partial charge in [-0.1, -0.05) is 107 Å². The zero-order valence-electron chi connectivity index (χ0n) is 20.8. The normalized spacial score (nSPS) is 11.2. The van der Waals surface area contributed by atoms with E-state index in [-0.39, 0.29) is 17.1 Å². The van der Waals surface area contributed by atoms with Gasteiger partial charge in [0.05, 0.1) is 0 Å². The molecule has 1 nitrogen and oxygen atoms in total. The molecule has 0 saturated heterocycles. The van der Waals surface area contributed by atoms with Crippen LogP contribution in [0.4, 0.5) is 0 Å². The van der Waals surface area contributed by atoms with Crippen LogP contribution in [0, 0.1) is 0 Å². The van der Waals surface area contributed by atoms with Gasteiger partial charge in [0.25, 0.3) is 0 Å². The zero-order chi connectivity index (χ0) is 23.8. The molecule has 0 aliphatic rings. The molecule has 0 spiro atoms. The number of benzene rings is 2. The molecule has 34 heavy (non-hydrogen) atoms. The Balaban J connectivity index is 0.000000603. The molecule has 0 atom stereocenters. The quantitative estimate of drug-likeness (QED) is 0.145. The van der Waals surface area contributed by atoms with Crippen LogP contribution in [0.1, 0.15) is 5.56 Å². The number of likely N-dealkylation sites (N-methyl/N-ethyl adjacent to an activating group) is 1. The van der Waals surface area contributed by atoms with Crippen molar-refractivity contribution in [2.24, 2.45) is 0 Å². The van der Waals surface area contributed by atoms with Crippen molar-refractivity contribution in [2.75, 3.05) is 20.6 Å². The summed E-state index contributed by atoms with van der Waals surface area (Å²) in [5, 5.41) is 5.93. The van der Waals surface area contributed by atoms with Gasteiger partial charge in [0.15, 0.2) is 0 Å². The van der Waals surface area contributed by atoms with E-state index in [4.69, 9.17) is 0 Å². The minimum atomic E-state index is -1.44. The number of rotatable bonds is 7. The van der Waals surface area contributed by atoms with E-state index in [0.29, 0.717) is 0 Å². The molecule has 4 aromatic carbocycles. The van der Waals surface area contributed by atoms with Crippen LogP contribution in [-0.4, -0.2) is 33.6 Å². The maximum atomic E-state index is 4.03. The van der Waals surface area contributed by atoms with Crippen LogP contribution < -0.4 is 21.1 Å². The molecule has 180 valence electrons. The standard InChI is InChI=1S/C24H30BrNPSi.C5H5.Fe/c1-26(2)17-16-21-22(18-23(24(21)25)28(3,4)5)27(19-12-8-6-9-13-19)20-14-10-7-11-15-20;1-2-4-5-3-1;/h6-15,18H,16-17H2,1-5H3;1-5H;/q2*-1;+2.